The number of rotatable bonds is 1. The Hall–Kier alpha value is -1.09. The maximum Gasteiger partial charge on any atom is 0.156 e. The number of aliphatic hydroxyl groups excluding tert-OH is 1. The number of carbonyl (C=O) groups excluding carboxylic acids is 1. The van der Waals surface area contributed by atoms with Crippen LogP contribution >= 0.6 is 0 Å². The molecule has 0 heterocycles. The summed E-state index contributed by atoms with van der Waals surface area (Å²) in [7, 11) is 0. The van der Waals surface area contributed by atoms with E-state index in [2.05, 4.69) is 0 Å². The molecule has 1 aliphatic rings. The number of aliphatic hydroxyl groups is 2. The first-order valence-corrected chi connectivity index (χ1v) is 3.37. The van der Waals surface area contributed by atoms with Crippen LogP contribution in [-0.4, -0.2) is 22.1 Å². The van der Waals surface area contributed by atoms with Crippen molar-refractivity contribution >= 4 is 6.29 Å². The fraction of sp³-hybridized carbons (Fsp3) is 0.375. The smallest absolute Gasteiger partial charge is 0.156 e. The van der Waals surface area contributed by atoms with E-state index < -0.39 is 11.5 Å². The van der Waals surface area contributed by atoms with E-state index in [1.165, 1.54) is 18.2 Å². The minimum absolute atomic E-state index is 0.0297. The molecule has 0 spiro atoms. The fourth-order valence-corrected chi connectivity index (χ4v) is 0.968. The van der Waals surface area contributed by atoms with E-state index in [0.29, 0.717) is 6.29 Å². The number of carbonyl (C=O) groups is 1. The van der Waals surface area contributed by atoms with Gasteiger partial charge in [-0.2, -0.15) is 0 Å². The Kier molecular flexibility index (Phi) is 1.83. The van der Waals surface area contributed by atoms with Crippen LogP contribution in [0.3, 0.4) is 0 Å². The first-order valence-electron chi connectivity index (χ1n) is 3.37. The van der Waals surface area contributed by atoms with E-state index in [4.69, 9.17) is 5.11 Å². The molecule has 3 heteroatoms. The summed E-state index contributed by atoms with van der Waals surface area (Å²) < 4.78 is 0. The largest absolute Gasteiger partial charge is 0.512 e. The summed E-state index contributed by atoms with van der Waals surface area (Å²) in [6.07, 6.45) is 4.72. The molecule has 0 saturated heterocycles. The van der Waals surface area contributed by atoms with Gasteiger partial charge in [0, 0.05) is 0 Å². The summed E-state index contributed by atoms with van der Waals surface area (Å²) in [5, 5.41) is 18.6. The molecule has 2 N–H and O–H groups in total. The maximum atomic E-state index is 10.4. The molecule has 0 aliphatic heterocycles. The van der Waals surface area contributed by atoms with E-state index in [0.717, 1.165) is 0 Å². The minimum Gasteiger partial charge on any atom is -0.512 e. The van der Waals surface area contributed by atoms with Gasteiger partial charge in [0.1, 0.15) is 5.60 Å². The van der Waals surface area contributed by atoms with Gasteiger partial charge >= 0.3 is 0 Å². The number of hydrogen-bond donors (Lipinski definition) is 2. The SMILES string of the molecule is CC1C(O)=CC=CC1(O)C=O. The second kappa shape index (κ2) is 2.51. The zero-order valence-electron chi connectivity index (χ0n) is 6.19. The van der Waals surface area contributed by atoms with E-state index in [1.807, 2.05) is 0 Å². The average Bonchev–Trinajstić information content (AvgIpc) is 2.00. The highest BCUT2D eigenvalue weighted by Gasteiger charge is 2.34. The molecule has 3 nitrogen and oxygen atoms in total. The molecule has 0 saturated carbocycles. The van der Waals surface area contributed by atoms with Crippen LogP contribution in [-0.2, 0) is 4.79 Å². The van der Waals surface area contributed by atoms with Crippen molar-refractivity contribution in [1.82, 2.24) is 0 Å². The third kappa shape index (κ3) is 1.19. The van der Waals surface area contributed by atoms with E-state index >= 15 is 0 Å². The molecule has 1 aliphatic carbocycles. The van der Waals surface area contributed by atoms with Crippen molar-refractivity contribution in [3.8, 4) is 0 Å². The van der Waals surface area contributed by atoms with Gasteiger partial charge in [0.15, 0.2) is 6.29 Å². The summed E-state index contributed by atoms with van der Waals surface area (Å²) in [4.78, 5) is 10.4. The third-order valence-corrected chi connectivity index (χ3v) is 1.96. The topological polar surface area (TPSA) is 57.5 Å². The van der Waals surface area contributed by atoms with Crippen molar-refractivity contribution in [2.75, 3.05) is 0 Å². The zero-order chi connectivity index (χ0) is 8.48. The maximum absolute atomic E-state index is 10.4. The number of hydrogen-bond acceptors (Lipinski definition) is 3. The molecule has 0 aromatic heterocycles. The molecule has 2 unspecified atom stereocenters. The van der Waals surface area contributed by atoms with Crippen molar-refractivity contribution in [3.63, 3.8) is 0 Å². The van der Waals surface area contributed by atoms with Crippen LogP contribution < -0.4 is 0 Å². The van der Waals surface area contributed by atoms with Crippen LogP contribution in [0.2, 0.25) is 0 Å². The van der Waals surface area contributed by atoms with Gasteiger partial charge in [-0.15, -0.1) is 0 Å². The lowest BCUT2D eigenvalue weighted by atomic mass is 9.85. The molecule has 0 aromatic rings. The average molecular weight is 154 g/mol. The molecule has 1 rings (SSSR count). The Morgan fingerprint density at radius 2 is 2.36 bits per heavy atom. The Labute approximate surface area is 64.7 Å². The van der Waals surface area contributed by atoms with Crippen LogP contribution in [0.15, 0.2) is 24.0 Å². The predicted molar refractivity (Wildman–Crippen MR) is 40.0 cm³/mol. The van der Waals surface area contributed by atoms with Gasteiger partial charge in [-0.3, -0.25) is 4.79 Å². The molecule has 0 fully saturated rings. The summed E-state index contributed by atoms with van der Waals surface area (Å²) in [6, 6.07) is 0. The highest BCUT2D eigenvalue weighted by molar-refractivity contribution is 5.68. The molecule has 0 bridgehead atoms. The minimum atomic E-state index is -1.53. The van der Waals surface area contributed by atoms with Crippen molar-refractivity contribution in [1.29, 1.82) is 0 Å². The summed E-state index contributed by atoms with van der Waals surface area (Å²) in [6.45, 7) is 1.59. The lowest BCUT2D eigenvalue weighted by molar-refractivity contribution is -0.123. The molecular weight excluding hydrogens is 144 g/mol. The molecule has 2 atom stereocenters. The first kappa shape index (κ1) is 8.01. The highest BCUT2D eigenvalue weighted by Crippen LogP contribution is 2.26. The van der Waals surface area contributed by atoms with Crippen molar-refractivity contribution in [2.24, 2.45) is 5.92 Å². The van der Waals surface area contributed by atoms with Gasteiger partial charge in [0.05, 0.1) is 11.7 Å². The Bertz CT molecular complexity index is 229. The number of aldehydes is 1. The third-order valence-electron chi connectivity index (χ3n) is 1.96. The van der Waals surface area contributed by atoms with Gasteiger partial charge in [0.25, 0.3) is 0 Å². The van der Waals surface area contributed by atoms with E-state index in [9.17, 15) is 9.90 Å². The molecular formula is C8H10O3. The molecule has 60 valence electrons. The highest BCUT2D eigenvalue weighted by atomic mass is 16.3. The van der Waals surface area contributed by atoms with Crippen LogP contribution in [0.25, 0.3) is 0 Å². The van der Waals surface area contributed by atoms with Crippen molar-refractivity contribution < 1.29 is 15.0 Å². The lowest BCUT2D eigenvalue weighted by Crippen LogP contribution is -2.38. The molecule has 11 heavy (non-hydrogen) atoms. The Morgan fingerprint density at radius 3 is 2.82 bits per heavy atom. The predicted octanol–water partition coefficient (Wildman–Crippen LogP) is 0.564. The first-order chi connectivity index (χ1) is 5.10. The van der Waals surface area contributed by atoms with Crippen LogP contribution in [0, 0.1) is 5.92 Å². The van der Waals surface area contributed by atoms with Crippen LogP contribution in [0.4, 0.5) is 0 Å². The van der Waals surface area contributed by atoms with Crippen LogP contribution in [0.1, 0.15) is 6.92 Å². The second-order valence-electron chi connectivity index (χ2n) is 2.68. The van der Waals surface area contributed by atoms with E-state index in [1.54, 1.807) is 6.92 Å². The second-order valence-corrected chi connectivity index (χ2v) is 2.68. The standard InChI is InChI=1S/C8H10O3/c1-6-7(10)3-2-4-8(6,11)5-9/h2-6,10-11H,1H3. The summed E-state index contributed by atoms with van der Waals surface area (Å²) in [5.41, 5.74) is -1.53. The van der Waals surface area contributed by atoms with Gasteiger partial charge in [-0.1, -0.05) is 13.0 Å². The van der Waals surface area contributed by atoms with Crippen molar-refractivity contribution in [2.45, 2.75) is 12.5 Å². The molecule has 0 amide bonds. The summed E-state index contributed by atoms with van der Waals surface area (Å²) in [5.74, 6) is -0.521. The fourth-order valence-electron chi connectivity index (χ4n) is 0.968. The van der Waals surface area contributed by atoms with Gasteiger partial charge < -0.3 is 10.2 Å². The normalized spacial score (nSPS) is 36.5. The van der Waals surface area contributed by atoms with E-state index in [-0.39, 0.29) is 5.76 Å². The monoisotopic (exact) mass is 154 g/mol. The quantitative estimate of drug-likeness (QED) is 0.543. The van der Waals surface area contributed by atoms with Gasteiger partial charge in [0.2, 0.25) is 0 Å². The lowest BCUT2D eigenvalue weighted by Gasteiger charge is -2.26. The van der Waals surface area contributed by atoms with Gasteiger partial charge in [-0.25, -0.2) is 0 Å². The summed E-state index contributed by atoms with van der Waals surface area (Å²) >= 11 is 0. The van der Waals surface area contributed by atoms with Crippen molar-refractivity contribution in [3.05, 3.63) is 24.0 Å². The molecule has 0 aromatic carbocycles. The Balaban J connectivity index is 2.97. The Morgan fingerprint density at radius 1 is 1.73 bits per heavy atom. The number of allylic oxidation sites excluding steroid dienone is 2. The zero-order valence-corrected chi connectivity index (χ0v) is 6.19. The van der Waals surface area contributed by atoms with Crippen LogP contribution in [0.5, 0.6) is 0 Å². The molecule has 0 radical (unpaired) electrons. The van der Waals surface area contributed by atoms with Gasteiger partial charge in [-0.05, 0) is 12.2 Å².